The number of nitrogens with zero attached hydrogens (tertiary/aromatic N) is 2. The molecule has 1 rings (SSSR count). The molecule has 0 saturated heterocycles. The van der Waals surface area contributed by atoms with Gasteiger partial charge in [0.2, 0.25) is 0 Å². The van der Waals surface area contributed by atoms with E-state index in [0.717, 1.165) is 30.4 Å². The van der Waals surface area contributed by atoms with Crippen LogP contribution in [0, 0.1) is 11.3 Å². The highest BCUT2D eigenvalue weighted by Crippen LogP contribution is 2.13. The van der Waals surface area contributed by atoms with Gasteiger partial charge in [-0.1, -0.05) is 25.5 Å². The summed E-state index contributed by atoms with van der Waals surface area (Å²) >= 11 is 0. The van der Waals surface area contributed by atoms with Gasteiger partial charge in [-0.2, -0.15) is 5.26 Å². The number of hydrogen-bond donors (Lipinski definition) is 2. The van der Waals surface area contributed by atoms with Gasteiger partial charge >= 0.3 is 6.09 Å². The third-order valence-electron chi connectivity index (χ3n) is 3.55. The largest absolute Gasteiger partial charge is 0.449 e. The third-order valence-corrected chi connectivity index (χ3v) is 3.55. The predicted molar refractivity (Wildman–Crippen MR) is 100 cm³/mol. The Morgan fingerprint density at radius 2 is 2.00 bits per heavy atom. The van der Waals surface area contributed by atoms with Crippen molar-refractivity contribution in [2.45, 2.75) is 33.1 Å². The predicted octanol–water partition coefficient (Wildman–Crippen LogP) is 2.79. The molecule has 0 spiro atoms. The highest BCUT2D eigenvalue weighted by molar-refractivity contribution is 6.06. The van der Waals surface area contributed by atoms with Crippen molar-refractivity contribution < 1.29 is 14.3 Å². The van der Waals surface area contributed by atoms with Gasteiger partial charge in [0.05, 0.1) is 6.61 Å². The quantitative estimate of drug-likeness (QED) is 0.521. The number of amides is 2. The molecule has 0 saturated carbocycles. The van der Waals surface area contributed by atoms with Gasteiger partial charge in [0.15, 0.2) is 0 Å². The van der Waals surface area contributed by atoms with E-state index in [2.05, 4.69) is 12.2 Å². The van der Waals surface area contributed by atoms with Crippen molar-refractivity contribution >= 4 is 17.7 Å². The lowest BCUT2D eigenvalue weighted by atomic mass is 10.1. The Bertz CT molecular complexity index is 662. The maximum Gasteiger partial charge on any atom is 0.413 e. The molecule has 0 heterocycles. The van der Waals surface area contributed by atoms with Crippen LogP contribution in [0.25, 0.3) is 0 Å². The first-order chi connectivity index (χ1) is 12.5. The molecule has 0 unspecified atom stereocenters. The number of hydrogen-bond acceptors (Lipinski definition) is 5. The number of benzene rings is 1. The zero-order valence-electron chi connectivity index (χ0n) is 15.3. The van der Waals surface area contributed by atoms with Gasteiger partial charge in [0.25, 0.3) is 5.91 Å². The molecule has 0 aliphatic heterocycles. The van der Waals surface area contributed by atoms with Gasteiger partial charge < -0.3 is 15.8 Å². The fourth-order valence-corrected chi connectivity index (χ4v) is 2.18. The Labute approximate surface area is 154 Å². The summed E-state index contributed by atoms with van der Waals surface area (Å²) < 4.78 is 4.89. The number of ether oxygens (including phenoxy) is 1. The summed E-state index contributed by atoms with van der Waals surface area (Å²) in [6.45, 7) is 4.31. The van der Waals surface area contributed by atoms with Gasteiger partial charge in [-0.15, -0.1) is 0 Å². The molecule has 140 valence electrons. The summed E-state index contributed by atoms with van der Waals surface area (Å²) in [4.78, 5) is 25.3. The number of carbonyl (C=O) groups is 2. The molecular formula is C19H26N4O3. The number of nitrogens with two attached hydrogens (primary N) is 1. The van der Waals surface area contributed by atoms with Crippen molar-refractivity contribution in [2.24, 2.45) is 5.73 Å². The first-order valence-corrected chi connectivity index (χ1v) is 8.71. The summed E-state index contributed by atoms with van der Waals surface area (Å²) in [5, 5.41) is 11.9. The van der Waals surface area contributed by atoms with Gasteiger partial charge in [-0.25, -0.2) is 4.79 Å². The second-order valence-corrected chi connectivity index (χ2v) is 5.59. The molecule has 0 fully saturated rings. The first kappa shape index (κ1) is 21.2. The number of nitriles is 1. The summed E-state index contributed by atoms with van der Waals surface area (Å²) in [7, 11) is 0. The Kier molecular flexibility index (Phi) is 9.50. The van der Waals surface area contributed by atoms with E-state index in [4.69, 9.17) is 10.5 Å². The second kappa shape index (κ2) is 11.7. The molecule has 0 atom stereocenters. The van der Waals surface area contributed by atoms with E-state index in [1.165, 1.54) is 5.56 Å². The lowest BCUT2D eigenvalue weighted by Crippen LogP contribution is -2.32. The fraction of sp³-hybridized carbons (Fsp3) is 0.421. The minimum absolute atomic E-state index is 0.142. The Morgan fingerprint density at radius 1 is 1.31 bits per heavy atom. The monoisotopic (exact) mass is 358 g/mol. The summed E-state index contributed by atoms with van der Waals surface area (Å²) in [5.74, 6) is -0.597. The Balaban J connectivity index is 2.83. The smallest absolute Gasteiger partial charge is 0.413 e. The number of nitrogens with one attached hydrogen (secondary N) is 1. The van der Waals surface area contributed by atoms with Crippen molar-refractivity contribution in [1.29, 1.82) is 5.26 Å². The van der Waals surface area contributed by atoms with Crippen LogP contribution in [0.1, 0.15) is 32.3 Å². The van der Waals surface area contributed by atoms with E-state index >= 15 is 0 Å². The number of aryl methyl sites for hydroxylation is 1. The molecule has 7 heteroatoms. The molecule has 2 amide bonds. The molecule has 1 aromatic carbocycles. The second-order valence-electron chi connectivity index (χ2n) is 5.59. The average molecular weight is 358 g/mol. The van der Waals surface area contributed by atoms with Crippen molar-refractivity contribution in [2.75, 3.05) is 25.0 Å². The molecule has 0 aliphatic carbocycles. The summed E-state index contributed by atoms with van der Waals surface area (Å²) in [6, 6.07) is 9.28. The zero-order chi connectivity index (χ0) is 19.4. The normalized spacial score (nSPS) is 10.8. The molecule has 26 heavy (non-hydrogen) atoms. The van der Waals surface area contributed by atoms with Crippen LogP contribution >= 0.6 is 0 Å². The summed E-state index contributed by atoms with van der Waals surface area (Å²) in [5.41, 5.74) is 7.03. The molecule has 0 bridgehead atoms. The third kappa shape index (κ3) is 6.95. The molecule has 1 aromatic rings. The van der Waals surface area contributed by atoms with Crippen LogP contribution in [0.4, 0.5) is 10.5 Å². The van der Waals surface area contributed by atoms with Crippen LogP contribution in [-0.4, -0.2) is 36.6 Å². The van der Waals surface area contributed by atoms with E-state index in [9.17, 15) is 14.9 Å². The molecule has 0 aromatic heterocycles. The van der Waals surface area contributed by atoms with Gasteiger partial charge in [0.1, 0.15) is 11.6 Å². The van der Waals surface area contributed by atoms with Crippen LogP contribution in [0.3, 0.4) is 0 Å². The van der Waals surface area contributed by atoms with E-state index in [-0.39, 0.29) is 25.3 Å². The zero-order valence-corrected chi connectivity index (χ0v) is 15.3. The van der Waals surface area contributed by atoms with Crippen LogP contribution in [0.2, 0.25) is 0 Å². The number of anilines is 1. The molecular weight excluding hydrogens is 332 g/mol. The Hall–Kier alpha value is -2.85. The van der Waals surface area contributed by atoms with Crippen LogP contribution < -0.4 is 11.1 Å². The highest BCUT2D eigenvalue weighted by atomic mass is 16.6. The molecule has 3 N–H and O–H groups in total. The van der Waals surface area contributed by atoms with Gasteiger partial charge in [-0.05, 0) is 37.5 Å². The maximum absolute atomic E-state index is 12.3. The fourth-order valence-electron chi connectivity index (χ4n) is 2.18. The average Bonchev–Trinajstić information content (AvgIpc) is 2.64. The highest BCUT2D eigenvalue weighted by Gasteiger charge is 2.16. The SMILES string of the molecule is CCCCc1ccc(NC(=O)/C(C#N)=C\N(CCN)C(=O)OCC)cc1. The van der Waals surface area contributed by atoms with Crippen molar-refractivity contribution in [3.05, 3.63) is 41.6 Å². The Morgan fingerprint density at radius 3 is 2.54 bits per heavy atom. The van der Waals surface area contributed by atoms with E-state index in [1.54, 1.807) is 25.1 Å². The minimum atomic E-state index is -0.654. The van der Waals surface area contributed by atoms with E-state index < -0.39 is 12.0 Å². The van der Waals surface area contributed by atoms with Crippen LogP contribution in [0.5, 0.6) is 0 Å². The standard InChI is InChI=1S/C19H26N4O3/c1-3-5-6-15-7-9-17(10-8-15)22-18(24)16(13-21)14-23(12-11-20)19(25)26-4-2/h7-10,14H,3-6,11-12,20H2,1-2H3,(H,22,24)/b16-14-. The number of unbranched alkanes of at least 4 members (excludes halogenated alkanes) is 1. The molecule has 7 nitrogen and oxygen atoms in total. The number of carbonyl (C=O) groups excluding carboxylic acids is 2. The van der Waals surface area contributed by atoms with E-state index in [1.807, 2.05) is 12.1 Å². The van der Waals surface area contributed by atoms with Crippen LogP contribution in [0.15, 0.2) is 36.0 Å². The van der Waals surface area contributed by atoms with Gasteiger partial charge in [0, 0.05) is 25.0 Å². The minimum Gasteiger partial charge on any atom is -0.449 e. The molecule has 0 radical (unpaired) electrons. The van der Waals surface area contributed by atoms with Gasteiger partial charge in [-0.3, -0.25) is 9.69 Å². The number of rotatable bonds is 9. The summed E-state index contributed by atoms with van der Waals surface area (Å²) in [6.07, 6.45) is 3.72. The maximum atomic E-state index is 12.3. The molecule has 0 aliphatic rings. The van der Waals surface area contributed by atoms with E-state index in [0.29, 0.717) is 5.69 Å². The lowest BCUT2D eigenvalue weighted by molar-refractivity contribution is -0.112. The van der Waals surface area contributed by atoms with Crippen molar-refractivity contribution in [3.8, 4) is 6.07 Å². The topological polar surface area (TPSA) is 108 Å². The van der Waals surface area contributed by atoms with Crippen molar-refractivity contribution in [1.82, 2.24) is 4.90 Å². The van der Waals surface area contributed by atoms with Crippen molar-refractivity contribution in [3.63, 3.8) is 0 Å². The first-order valence-electron chi connectivity index (χ1n) is 8.71. The lowest BCUT2D eigenvalue weighted by Gasteiger charge is -2.17. The van der Waals surface area contributed by atoms with Crippen LogP contribution in [-0.2, 0) is 16.0 Å².